The summed E-state index contributed by atoms with van der Waals surface area (Å²) < 4.78 is 0. The Bertz CT molecular complexity index is 518. The maximum atomic E-state index is 11.1. The SMILES string of the molecule is CCC1CCCN1c1ncc(C(=O)O)cc1[N+](=O)[O-]. The second-order valence-corrected chi connectivity index (χ2v) is 4.53. The maximum absolute atomic E-state index is 11.1. The molecule has 0 saturated carbocycles. The summed E-state index contributed by atoms with van der Waals surface area (Å²) in [5, 5.41) is 20.0. The Morgan fingerprint density at radius 3 is 3.00 bits per heavy atom. The minimum absolute atomic E-state index is 0.164. The van der Waals surface area contributed by atoms with E-state index in [0.717, 1.165) is 31.9 Å². The van der Waals surface area contributed by atoms with Crippen molar-refractivity contribution in [2.75, 3.05) is 11.4 Å². The number of carbonyl (C=O) groups is 1. The van der Waals surface area contributed by atoms with Gasteiger partial charge in [-0.2, -0.15) is 0 Å². The van der Waals surface area contributed by atoms with Crippen molar-refractivity contribution >= 4 is 17.5 Å². The van der Waals surface area contributed by atoms with Gasteiger partial charge in [0.15, 0.2) is 0 Å². The van der Waals surface area contributed by atoms with Crippen molar-refractivity contribution in [2.24, 2.45) is 0 Å². The molecule has 1 aromatic rings. The number of rotatable bonds is 4. The highest BCUT2D eigenvalue weighted by Crippen LogP contribution is 2.33. The lowest BCUT2D eigenvalue weighted by Gasteiger charge is -2.24. The molecule has 0 aliphatic carbocycles. The van der Waals surface area contributed by atoms with Crippen LogP contribution in [-0.4, -0.2) is 33.6 Å². The zero-order valence-electron chi connectivity index (χ0n) is 10.6. The summed E-state index contributed by atoms with van der Waals surface area (Å²) in [6, 6.07) is 1.32. The Hall–Kier alpha value is -2.18. The molecule has 2 heterocycles. The Morgan fingerprint density at radius 2 is 2.42 bits per heavy atom. The van der Waals surface area contributed by atoms with E-state index in [-0.39, 0.29) is 23.1 Å². The van der Waals surface area contributed by atoms with Crippen molar-refractivity contribution in [3.8, 4) is 0 Å². The highest BCUT2D eigenvalue weighted by molar-refractivity contribution is 5.88. The number of carboxylic acid groups (broad SMARTS) is 1. The molecular weight excluding hydrogens is 250 g/mol. The fraction of sp³-hybridized carbons (Fsp3) is 0.500. The molecule has 102 valence electrons. The van der Waals surface area contributed by atoms with Crippen LogP contribution >= 0.6 is 0 Å². The standard InChI is InChI=1S/C12H15N3O4/c1-2-9-4-3-5-14(9)11-10(15(18)19)6-8(7-13-11)12(16)17/h6-7,9H,2-5H2,1H3,(H,16,17). The summed E-state index contributed by atoms with van der Waals surface area (Å²) in [5.41, 5.74) is -0.400. The molecule has 1 unspecified atom stereocenters. The molecule has 1 aromatic heterocycles. The number of hydrogen-bond donors (Lipinski definition) is 1. The quantitative estimate of drug-likeness (QED) is 0.661. The highest BCUT2D eigenvalue weighted by Gasteiger charge is 2.30. The Labute approximate surface area is 110 Å². The summed E-state index contributed by atoms with van der Waals surface area (Å²) in [6.45, 7) is 2.75. The third-order valence-corrected chi connectivity index (χ3v) is 3.41. The van der Waals surface area contributed by atoms with Crippen LogP contribution in [0.2, 0.25) is 0 Å². The van der Waals surface area contributed by atoms with E-state index in [1.807, 2.05) is 11.8 Å². The third-order valence-electron chi connectivity index (χ3n) is 3.41. The molecule has 1 fully saturated rings. The van der Waals surface area contributed by atoms with Gasteiger partial charge in [-0.15, -0.1) is 0 Å². The molecule has 2 rings (SSSR count). The first kappa shape index (κ1) is 13.3. The van der Waals surface area contributed by atoms with Gasteiger partial charge in [-0.25, -0.2) is 9.78 Å². The van der Waals surface area contributed by atoms with Crippen LogP contribution in [0.5, 0.6) is 0 Å². The molecule has 7 heteroatoms. The highest BCUT2D eigenvalue weighted by atomic mass is 16.6. The molecule has 19 heavy (non-hydrogen) atoms. The van der Waals surface area contributed by atoms with Crippen LogP contribution in [0, 0.1) is 10.1 Å². The number of aromatic carboxylic acids is 1. The van der Waals surface area contributed by atoms with Crippen molar-refractivity contribution < 1.29 is 14.8 Å². The van der Waals surface area contributed by atoms with E-state index >= 15 is 0 Å². The largest absolute Gasteiger partial charge is 0.478 e. The lowest BCUT2D eigenvalue weighted by atomic mass is 10.1. The molecule has 1 atom stereocenters. The van der Waals surface area contributed by atoms with Crippen LogP contribution < -0.4 is 4.90 Å². The van der Waals surface area contributed by atoms with Crippen LogP contribution in [0.25, 0.3) is 0 Å². The Morgan fingerprint density at radius 1 is 1.68 bits per heavy atom. The van der Waals surface area contributed by atoms with Crippen LogP contribution in [0.4, 0.5) is 11.5 Å². The lowest BCUT2D eigenvalue weighted by Crippen LogP contribution is -2.30. The lowest BCUT2D eigenvalue weighted by molar-refractivity contribution is -0.384. The molecule has 0 bridgehead atoms. The summed E-state index contributed by atoms with van der Waals surface area (Å²) >= 11 is 0. The summed E-state index contributed by atoms with van der Waals surface area (Å²) in [5.74, 6) is -0.935. The molecule has 0 radical (unpaired) electrons. The minimum atomic E-state index is -1.21. The number of anilines is 1. The summed E-state index contributed by atoms with van der Waals surface area (Å²) in [7, 11) is 0. The second-order valence-electron chi connectivity index (χ2n) is 4.53. The van der Waals surface area contributed by atoms with Gasteiger partial charge in [0.25, 0.3) is 0 Å². The van der Waals surface area contributed by atoms with Gasteiger partial charge in [0.05, 0.1) is 10.5 Å². The van der Waals surface area contributed by atoms with Gasteiger partial charge in [0.2, 0.25) is 5.82 Å². The number of nitro groups is 1. The van der Waals surface area contributed by atoms with Crippen LogP contribution in [-0.2, 0) is 0 Å². The molecule has 7 nitrogen and oxygen atoms in total. The van der Waals surface area contributed by atoms with Crippen LogP contribution in [0.1, 0.15) is 36.5 Å². The van der Waals surface area contributed by atoms with Crippen molar-refractivity contribution in [3.05, 3.63) is 27.9 Å². The zero-order chi connectivity index (χ0) is 14.0. The molecule has 1 aliphatic rings. The van der Waals surface area contributed by atoms with Crippen LogP contribution in [0.15, 0.2) is 12.3 Å². The molecule has 0 amide bonds. The number of hydrogen-bond acceptors (Lipinski definition) is 5. The summed E-state index contributed by atoms with van der Waals surface area (Å²) in [6.07, 6.45) is 4.02. The maximum Gasteiger partial charge on any atom is 0.337 e. The van der Waals surface area contributed by atoms with E-state index in [1.54, 1.807) is 0 Å². The normalized spacial score (nSPS) is 18.6. The first-order valence-corrected chi connectivity index (χ1v) is 6.19. The van der Waals surface area contributed by atoms with Crippen molar-refractivity contribution in [1.82, 2.24) is 4.98 Å². The smallest absolute Gasteiger partial charge is 0.337 e. The van der Waals surface area contributed by atoms with E-state index in [9.17, 15) is 14.9 Å². The van der Waals surface area contributed by atoms with Gasteiger partial charge >= 0.3 is 11.7 Å². The van der Waals surface area contributed by atoms with E-state index < -0.39 is 10.9 Å². The molecule has 1 saturated heterocycles. The van der Waals surface area contributed by atoms with E-state index in [4.69, 9.17) is 5.11 Å². The average molecular weight is 265 g/mol. The van der Waals surface area contributed by atoms with Gasteiger partial charge in [-0.05, 0) is 19.3 Å². The predicted molar refractivity (Wildman–Crippen MR) is 68.5 cm³/mol. The monoisotopic (exact) mass is 265 g/mol. The molecule has 0 aromatic carbocycles. The van der Waals surface area contributed by atoms with Gasteiger partial charge in [-0.3, -0.25) is 10.1 Å². The average Bonchev–Trinajstić information content (AvgIpc) is 2.85. The van der Waals surface area contributed by atoms with E-state index in [2.05, 4.69) is 4.98 Å². The van der Waals surface area contributed by atoms with E-state index in [1.165, 1.54) is 6.20 Å². The number of nitrogens with zero attached hydrogens (tertiary/aromatic N) is 3. The summed E-state index contributed by atoms with van der Waals surface area (Å²) in [4.78, 5) is 27.3. The van der Waals surface area contributed by atoms with Crippen molar-refractivity contribution in [2.45, 2.75) is 32.2 Å². The number of carboxylic acids is 1. The zero-order valence-corrected chi connectivity index (χ0v) is 10.6. The molecule has 1 aliphatic heterocycles. The van der Waals surface area contributed by atoms with Gasteiger partial charge in [-0.1, -0.05) is 6.92 Å². The fourth-order valence-electron chi connectivity index (χ4n) is 2.46. The third kappa shape index (κ3) is 2.49. The fourth-order valence-corrected chi connectivity index (χ4v) is 2.46. The number of aromatic nitrogens is 1. The molecule has 1 N–H and O–H groups in total. The van der Waals surface area contributed by atoms with Crippen LogP contribution in [0.3, 0.4) is 0 Å². The first-order valence-electron chi connectivity index (χ1n) is 6.19. The minimum Gasteiger partial charge on any atom is -0.478 e. The second kappa shape index (κ2) is 5.21. The Balaban J connectivity index is 2.45. The van der Waals surface area contributed by atoms with Crippen molar-refractivity contribution in [1.29, 1.82) is 0 Å². The molecule has 0 spiro atoms. The topological polar surface area (TPSA) is 96.6 Å². The number of pyridine rings is 1. The molecular formula is C12H15N3O4. The van der Waals surface area contributed by atoms with Gasteiger partial charge in [0.1, 0.15) is 0 Å². The van der Waals surface area contributed by atoms with Gasteiger partial charge in [0, 0.05) is 24.8 Å². The van der Waals surface area contributed by atoms with Crippen molar-refractivity contribution in [3.63, 3.8) is 0 Å². The predicted octanol–water partition coefficient (Wildman–Crippen LogP) is 2.07. The Kier molecular flexibility index (Phi) is 3.64. The first-order chi connectivity index (χ1) is 9.04. The van der Waals surface area contributed by atoms with E-state index in [0.29, 0.717) is 0 Å². The van der Waals surface area contributed by atoms with Gasteiger partial charge < -0.3 is 10.0 Å².